The third-order valence-corrected chi connectivity index (χ3v) is 3.62. The fourth-order valence-corrected chi connectivity index (χ4v) is 2.62. The van der Waals surface area contributed by atoms with Crippen LogP contribution >= 0.6 is 11.8 Å². The zero-order valence-electron chi connectivity index (χ0n) is 7.66. The minimum Gasteiger partial charge on any atom is -0.383 e. The second-order valence-electron chi connectivity index (χ2n) is 3.30. The lowest BCUT2D eigenvalue weighted by atomic mass is 10.2. The van der Waals surface area contributed by atoms with Gasteiger partial charge in [0.15, 0.2) is 0 Å². The Balaban J connectivity index is 2.25. The minimum atomic E-state index is 0.475. The molecule has 2 N–H and O–H groups in total. The van der Waals surface area contributed by atoms with Crippen LogP contribution in [0.1, 0.15) is 29.5 Å². The van der Waals surface area contributed by atoms with E-state index < -0.39 is 0 Å². The zero-order valence-corrected chi connectivity index (χ0v) is 8.47. The molecule has 4 heteroatoms. The van der Waals surface area contributed by atoms with E-state index in [2.05, 4.69) is 9.97 Å². The summed E-state index contributed by atoms with van der Waals surface area (Å²) in [6.45, 7) is 1.93. The van der Waals surface area contributed by atoms with Gasteiger partial charge in [0.2, 0.25) is 0 Å². The lowest BCUT2D eigenvalue weighted by molar-refractivity contribution is 0.777. The fourth-order valence-electron chi connectivity index (χ4n) is 1.41. The van der Waals surface area contributed by atoms with Crippen LogP contribution in [-0.2, 0) is 0 Å². The van der Waals surface area contributed by atoms with Crippen LogP contribution in [0.4, 0.5) is 5.82 Å². The number of nitrogens with zero attached hydrogens (tertiary/aromatic N) is 2. The predicted octanol–water partition coefficient (Wildman–Crippen LogP) is 1.94. The molecule has 70 valence electrons. The first kappa shape index (κ1) is 8.81. The number of rotatable bonds is 1. The first-order chi connectivity index (χ1) is 6.27. The van der Waals surface area contributed by atoms with Crippen molar-refractivity contribution in [2.75, 3.05) is 11.5 Å². The first-order valence-corrected chi connectivity index (χ1v) is 5.53. The highest BCUT2D eigenvalue weighted by atomic mass is 32.2. The quantitative estimate of drug-likeness (QED) is 0.744. The second kappa shape index (κ2) is 3.54. The molecule has 1 aromatic rings. The molecule has 0 bridgehead atoms. The predicted molar refractivity (Wildman–Crippen MR) is 55.6 cm³/mol. The van der Waals surface area contributed by atoms with Crippen molar-refractivity contribution in [2.45, 2.75) is 25.0 Å². The smallest absolute Gasteiger partial charge is 0.143 e. The first-order valence-electron chi connectivity index (χ1n) is 4.48. The summed E-state index contributed by atoms with van der Waals surface area (Å²) in [5, 5.41) is 0.475. The molecule has 2 heterocycles. The third kappa shape index (κ3) is 1.77. The molecule has 0 aliphatic carbocycles. The van der Waals surface area contributed by atoms with Gasteiger partial charge in [0.25, 0.3) is 0 Å². The van der Waals surface area contributed by atoms with E-state index in [1.807, 2.05) is 24.9 Å². The maximum Gasteiger partial charge on any atom is 0.143 e. The van der Waals surface area contributed by atoms with Gasteiger partial charge in [0.05, 0.1) is 5.25 Å². The van der Waals surface area contributed by atoms with Crippen molar-refractivity contribution < 1.29 is 0 Å². The summed E-state index contributed by atoms with van der Waals surface area (Å²) in [6.07, 6.45) is 4.27. The average Bonchev–Trinajstić information content (AvgIpc) is 2.62. The Morgan fingerprint density at radius 1 is 1.62 bits per heavy atom. The number of hydrogen-bond acceptors (Lipinski definition) is 4. The van der Waals surface area contributed by atoms with Crippen LogP contribution in [0.3, 0.4) is 0 Å². The van der Waals surface area contributed by atoms with Crippen LogP contribution in [0.15, 0.2) is 6.20 Å². The highest BCUT2D eigenvalue weighted by Crippen LogP contribution is 2.38. The Bertz CT molecular complexity index is 308. The van der Waals surface area contributed by atoms with E-state index in [0.29, 0.717) is 11.1 Å². The van der Waals surface area contributed by atoms with Crippen molar-refractivity contribution >= 4 is 17.6 Å². The van der Waals surface area contributed by atoms with E-state index in [9.17, 15) is 0 Å². The standard InChI is InChI=1S/C9H13N3S/c1-6-5-11-9(12-8(6)10)7-3-2-4-13-7/h5,7H,2-4H2,1H3,(H2,10,11,12). The third-order valence-electron chi connectivity index (χ3n) is 2.25. The van der Waals surface area contributed by atoms with Crippen LogP contribution in [0.25, 0.3) is 0 Å². The Hall–Kier alpha value is -0.770. The van der Waals surface area contributed by atoms with Gasteiger partial charge in [-0.2, -0.15) is 11.8 Å². The molecule has 1 aliphatic heterocycles. The van der Waals surface area contributed by atoms with Crippen molar-refractivity contribution in [3.63, 3.8) is 0 Å². The summed E-state index contributed by atoms with van der Waals surface area (Å²) in [5.41, 5.74) is 6.69. The molecular formula is C9H13N3S. The highest BCUT2D eigenvalue weighted by molar-refractivity contribution is 7.99. The second-order valence-corrected chi connectivity index (χ2v) is 4.61. The van der Waals surface area contributed by atoms with Gasteiger partial charge < -0.3 is 5.73 Å². The molecule has 0 spiro atoms. The lowest BCUT2D eigenvalue weighted by Gasteiger charge is -2.07. The SMILES string of the molecule is Cc1cnc(C2CCCS2)nc1N. The number of aryl methyl sites for hydroxylation is 1. The molecular weight excluding hydrogens is 182 g/mol. The average molecular weight is 195 g/mol. The lowest BCUT2D eigenvalue weighted by Crippen LogP contribution is -2.03. The van der Waals surface area contributed by atoms with E-state index in [-0.39, 0.29) is 0 Å². The summed E-state index contributed by atoms with van der Waals surface area (Å²) < 4.78 is 0. The number of anilines is 1. The molecule has 3 nitrogen and oxygen atoms in total. The molecule has 1 saturated heterocycles. The van der Waals surface area contributed by atoms with Gasteiger partial charge in [-0.3, -0.25) is 0 Å². The number of hydrogen-bond donors (Lipinski definition) is 1. The highest BCUT2D eigenvalue weighted by Gasteiger charge is 2.20. The van der Waals surface area contributed by atoms with Gasteiger partial charge in [0, 0.05) is 11.8 Å². The van der Waals surface area contributed by atoms with Gasteiger partial charge in [-0.15, -0.1) is 0 Å². The van der Waals surface area contributed by atoms with E-state index in [1.54, 1.807) is 0 Å². The summed E-state index contributed by atoms with van der Waals surface area (Å²) in [7, 11) is 0. The largest absolute Gasteiger partial charge is 0.383 e. The van der Waals surface area contributed by atoms with Crippen molar-refractivity contribution in [1.82, 2.24) is 9.97 Å². The van der Waals surface area contributed by atoms with Crippen LogP contribution in [0, 0.1) is 6.92 Å². The Kier molecular flexibility index (Phi) is 2.40. The summed E-state index contributed by atoms with van der Waals surface area (Å²) in [6, 6.07) is 0. The van der Waals surface area contributed by atoms with Gasteiger partial charge in [-0.25, -0.2) is 9.97 Å². The van der Waals surface area contributed by atoms with Crippen LogP contribution in [-0.4, -0.2) is 15.7 Å². The maximum atomic E-state index is 5.73. The summed E-state index contributed by atoms with van der Waals surface area (Å²) >= 11 is 1.93. The molecule has 0 radical (unpaired) electrons. The van der Waals surface area contributed by atoms with Crippen molar-refractivity contribution in [1.29, 1.82) is 0 Å². The van der Waals surface area contributed by atoms with E-state index >= 15 is 0 Å². The molecule has 0 saturated carbocycles. The molecule has 2 rings (SSSR count). The number of nitrogen functional groups attached to an aromatic ring is 1. The Morgan fingerprint density at radius 3 is 3.08 bits per heavy atom. The Morgan fingerprint density at radius 2 is 2.46 bits per heavy atom. The molecule has 0 amide bonds. The monoisotopic (exact) mass is 195 g/mol. The summed E-state index contributed by atoms with van der Waals surface area (Å²) in [5.74, 6) is 2.75. The Labute approximate surface area is 82.2 Å². The van der Waals surface area contributed by atoms with Crippen LogP contribution < -0.4 is 5.73 Å². The van der Waals surface area contributed by atoms with Crippen molar-refractivity contribution in [2.24, 2.45) is 0 Å². The van der Waals surface area contributed by atoms with Crippen LogP contribution in [0.2, 0.25) is 0 Å². The van der Waals surface area contributed by atoms with E-state index in [1.165, 1.54) is 18.6 Å². The minimum absolute atomic E-state index is 0.475. The normalized spacial score (nSPS) is 22.1. The van der Waals surface area contributed by atoms with Crippen molar-refractivity contribution in [3.05, 3.63) is 17.6 Å². The summed E-state index contributed by atoms with van der Waals surface area (Å²) in [4.78, 5) is 8.61. The number of aromatic nitrogens is 2. The topological polar surface area (TPSA) is 51.8 Å². The fraction of sp³-hybridized carbons (Fsp3) is 0.556. The molecule has 1 atom stereocenters. The van der Waals surface area contributed by atoms with E-state index in [0.717, 1.165) is 11.4 Å². The number of nitrogens with two attached hydrogens (primary N) is 1. The van der Waals surface area contributed by atoms with Crippen LogP contribution in [0.5, 0.6) is 0 Å². The van der Waals surface area contributed by atoms with Gasteiger partial charge in [0.1, 0.15) is 11.6 Å². The molecule has 0 aromatic carbocycles. The van der Waals surface area contributed by atoms with E-state index in [4.69, 9.17) is 5.73 Å². The van der Waals surface area contributed by atoms with Gasteiger partial charge >= 0.3 is 0 Å². The molecule has 1 aromatic heterocycles. The molecule has 1 aliphatic rings. The van der Waals surface area contributed by atoms with Gasteiger partial charge in [-0.05, 0) is 25.5 Å². The van der Waals surface area contributed by atoms with Crippen molar-refractivity contribution in [3.8, 4) is 0 Å². The maximum absolute atomic E-state index is 5.73. The molecule has 13 heavy (non-hydrogen) atoms. The molecule has 1 fully saturated rings. The number of thioether (sulfide) groups is 1. The van der Waals surface area contributed by atoms with Gasteiger partial charge in [-0.1, -0.05) is 0 Å². The molecule has 1 unspecified atom stereocenters. The zero-order chi connectivity index (χ0) is 9.26.